The third kappa shape index (κ3) is 4.95. The maximum Gasteiger partial charge on any atom is 0.330 e. The molecule has 1 atom stereocenters. The van der Waals surface area contributed by atoms with Gasteiger partial charge in [-0.3, -0.25) is 19.3 Å². The van der Waals surface area contributed by atoms with Gasteiger partial charge < -0.3 is 14.8 Å². The first-order valence-corrected chi connectivity index (χ1v) is 13.0. The van der Waals surface area contributed by atoms with Gasteiger partial charge in [-0.15, -0.1) is 0 Å². The van der Waals surface area contributed by atoms with E-state index in [9.17, 15) is 19.2 Å². The van der Waals surface area contributed by atoms with Gasteiger partial charge in [-0.2, -0.15) is 0 Å². The number of esters is 1. The Morgan fingerprint density at radius 1 is 0.941 bits per heavy atom. The molecule has 1 heterocycles. The number of rotatable bonds is 7. The molecule has 1 N–H and O–H groups in total. The Balaban J connectivity index is 1.81. The van der Waals surface area contributed by atoms with E-state index < -0.39 is 42.3 Å². The van der Waals surface area contributed by atoms with Crippen LogP contribution in [0.15, 0.2) is 42.2 Å². The summed E-state index contributed by atoms with van der Waals surface area (Å²) in [5.41, 5.74) is 0.663. The standard InChI is InChI=1S/C22H18Br4N2O6/c1-9(2)19(22(32)34-8-12(29)27-10-6-4-5-7-11(10)33-3)28-20(30)13-14(21(28)31)16(24)18(26)17(25)15(13)23/h4-7,9,19H,8H2,1-3H3,(H,27,29)/t19-/m1/s1. The minimum atomic E-state index is -1.23. The van der Waals surface area contributed by atoms with E-state index in [2.05, 4.69) is 69.0 Å². The summed E-state index contributed by atoms with van der Waals surface area (Å²) in [7, 11) is 1.47. The van der Waals surface area contributed by atoms with E-state index in [4.69, 9.17) is 9.47 Å². The average molecular weight is 726 g/mol. The second kappa shape index (κ2) is 10.9. The van der Waals surface area contributed by atoms with Gasteiger partial charge in [-0.05, 0) is 81.8 Å². The molecule has 180 valence electrons. The number of carbonyl (C=O) groups is 4. The van der Waals surface area contributed by atoms with Crippen LogP contribution >= 0.6 is 63.7 Å². The second-order valence-electron chi connectivity index (χ2n) is 7.53. The molecule has 0 spiro atoms. The number of nitrogens with zero attached hydrogens (tertiary/aromatic N) is 1. The maximum absolute atomic E-state index is 13.3. The van der Waals surface area contributed by atoms with Crippen LogP contribution in [0.5, 0.6) is 5.75 Å². The first-order valence-electron chi connectivity index (χ1n) is 9.84. The number of nitrogens with one attached hydrogen (secondary N) is 1. The van der Waals surface area contributed by atoms with Gasteiger partial charge in [0, 0.05) is 17.9 Å². The summed E-state index contributed by atoms with van der Waals surface area (Å²) in [5.74, 6) is -2.78. The number of halogens is 4. The Bertz CT molecular complexity index is 1150. The van der Waals surface area contributed by atoms with Crippen LogP contribution in [-0.4, -0.2) is 48.3 Å². The van der Waals surface area contributed by atoms with Crippen LogP contribution in [0.25, 0.3) is 0 Å². The van der Waals surface area contributed by atoms with Crippen molar-refractivity contribution in [3.05, 3.63) is 53.3 Å². The fourth-order valence-electron chi connectivity index (χ4n) is 3.45. The van der Waals surface area contributed by atoms with Gasteiger partial charge in [0.15, 0.2) is 6.61 Å². The van der Waals surface area contributed by atoms with E-state index in [1.807, 2.05) is 0 Å². The third-order valence-corrected chi connectivity index (χ3v) is 9.78. The lowest BCUT2D eigenvalue weighted by molar-refractivity contribution is -0.152. The van der Waals surface area contributed by atoms with Gasteiger partial charge in [0.2, 0.25) is 0 Å². The number of fused-ring (bicyclic) bond motifs is 1. The van der Waals surface area contributed by atoms with Gasteiger partial charge >= 0.3 is 5.97 Å². The average Bonchev–Trinajstić information content (AvgIpc) is 3.05. The van der Waals surface area contributed by atoms with Crippen molar-refractivity contribution in [1.29, 1.82) is 0 Å². The van der Waals surface area contributed by atoms with Gasteiger partial charge in [0.05, 0.1) is 23.9 Å². The summed E-state index contributed by atoms with van der Waals surface area (Å²) >= 11 is 13.4. The van der Waals surface area contributed by atoms with Crippen molar-refractivity contribution in [2.24, 2.45) is 5.92 Å². The third-order valence-electron chi connectivity index (χ3n) is 5.01. The normalized spacial score (nSPS) is 13.7. The van der Waals surface area contributed by atoms with E-state index in [0.717, 1.165) is 4.90 Å². The molecular formula is C22H18Br4N2O6. The van der Waals surface area contributed by atoms with E-state index >= 15 is 0 Å². The summed E-state index contributed by atoms with van der Waals surface area (Å²) in [6.45, 7) is 2.76. The second-order valence-corrected chi connectivity index (χ2v) is 10.7. The zero-order chi connectivity index (χ0) is 25.3. The Hall–Kier alpha value is -1.76. The molecule has 0 aliphatic carbocycles. The smallest absolute Gasteiger partial charge is 0.330 e. The van der Waals surface area contributed by atoms with Crippen LogP contribution in [0.1, 0.15) is 34.6 Å². The fraction of sp³-hybridized carbons (Fsp3) is 0.273. The van der Waals surface area contributed by atoms with Crippen LogP contribution in [0, 0.1) is 5.92 Å². The summed E-state index contributed by atoms with van der Waals surface area (Å²) < 4.78 is 12.2. The molecule has 2 aromatic carbocycles. The number of ether oxygens (including phenoxy) is 2. The molecule has 0 saturated carbocycles. The molecule has 0 unspecified atom stereocenters. The molecule has 0 saturated heterocycles. The number of amides is 3. The van der Waals surface area contributed by atoms with E-state index in [0.29, 0.717) is 29.3 Å². The number of methoxy groups -OCH3 is 1. The van der Waals surface area contributed by atoms with E-state index in [1.165, 1.54) is 7.11 Å². The van der Waals surface area contributed by atoms with Crippen molar-refractivity contribution >= 4 is 93.1 Å². The molecule has 34 heavy (non-hydrogen) atoms. The Kier molecular flexibility index (Phi) is 8.59. The van der Waals surface area contributed by atoms with Gasteiger partial charge in [0.1, 0.15) is 11.8 Å². The van der Waals surface area contributed by atoms with Crippen molar-refractivity contribution < 1.29 is 28.7 Å². The number of carbonyl (C=O) groups excluding carboxylic acids is 4. The number of imide groups is 1. The molecule has 2 aromatic rings. The first-order chi connectivity index (χ1) is 16.0. The SMILES string of the molecule is COc1ccccc1NC(=O)COC(=O)[C@@H](C(C)C)N1C(=O)c2c(Br)c(Br)c(Br)c(Br)c2C1=O. The predicted octanol–water partition coefficient (Wildman–Crippen LogP) is 5.55. The quantitative estimate of drug-likeness (QED) is 0.174. The fourth-order valence-corrected chi connectivity index (χ4v) is 5.91. The number of hydrogen-bond acceptors (Lipinski definition) is 6. The highest BCUT2D eigenvalue weighted by molar-refractivity contribution is 9.15. The summed E-state index contributed by atoms with van der Waals surface area (Å²) in [4.78, 5) is 52.7. The van der Waals surface area contributed by atoms with Crippen LogP contribution in [0.3, 0.4) is 0 Å². The van der Waals surface area contributed by atoms with Crippen molar-refractivity contribution in [2.45, 2.75) is 19.9 Å². The Morgan fingerprint density at radius 2 is 1.47 bits per heavy atom. The molecule has 1 aliphatic rings. The molecule has 0 bridgehead atoms. The van der Waals surface area contributed by atoms with Crippen LogP contribution in [0.4, 0.5) is 5.69 Å². The first kappa shape index (κ1) is 26.8. The van der Waals surface area contributed by atoms with E-state index in [-0.39, 0.29) is 11.1 Å². The maximum atomic E-state index is 13.3. The molecule has 12 heteroatoms. The van der Waals surface area contributed by atoms with Crippen LogP contribution in [-0.2, 0) is 14.3 Å². The lowest BCUT2D eigenvalue weighted by Crippen LogP contribution is -2.49. The molecule has 3 amide bonds. The lowest BCUT2D eigenvalue weighted by atomic mass is 10.0. The zero-order valence-electron chi connectivity index (χ0n) is 18.1. The largest absolute Gasteiger partial charge is 0.495 e. The van der Waals surface area contributed by atoms with Gasteiger partial charge in [-0.25, -0.2) is 4.79 Å². The molecule has 0 aromatic heterocycles. The molecular weight excluding hydrogens is 708 g/mol. The topological polar surface area (TPSA) is 102 Å². The molecule has 0 radical (unpaired) electrons. The summed E-state index contributed by atoms with van der Waals surface area (Å²) in [5, 5.41) is 2.60. The predicted molar refractivity (Wildman–Crippen MR) is 139 cm³/mol. The highest BCUT2D eigenvalue weighted by Gasteiger charge is 2.47. The van der Waals surface area contributed by atoms with E-state index in [1.54, 1.807) is 38.1 Å². The van der Waals surface area contributed by atoms with Crippen molar-refractivity contribution in [2.75, 3.05) is 19.0 Å². The summed E-state index contributed by atoms with van der Waals surface area (Å²) in [6, 6.07) is 5.54. The summed E-state index contributed by atoms with van der Waals surface area (Å²) in [6.07, 6.45) is 0. The minimum Gasteiger partial charge on any atom is -0.495 e. The van der Waals surface area contributed by atoms with Crippen molar-refractivity contribution in [3.63, 3.8) is 0 Å². The number of anilines is 1. The number of benzene rings is 2. The molecule has 8 nitrogen and oxygen atoms in total. The molecule has 0 fully saturated rings. The molecule has 1 aliphatic heterocycles. The van der Waals surface area contributed by atoms with Crippen molar-refractivity contribution in [3.8, 4) is 5.75 Å². The zero-order valence-corrected chi connectivity index (χ0v) is 24.4. The Labute approximate surface area is 229 Å². The van der Waals surface area contributed by atoms with Crippen LogP contribution < -0.4 is 10.1 Å². The number of para-hydroxylation sites is 2. The monoisotopic (exact) mass is 722 g/mol. The van der Waals surface area contributed by atoms with Crippen LogP contribution in [0.2, 0.25) is 0 Å². The van der Waals surface area contributed by atoms with Gasteiger partial charge in [-0.1, -0.05) is 26.0 Å². The Morgan fingerprint density at radius 3 is 1.97 bits per heavy atom. The van der Waals surface area contributed by atoms with Gasteiger partial charge in [0.25, 0.3) is 17.7 Å². The minimum absolute atomic E-state index is 0.124. The molecule has 3 rings (SSSR count). The number of hydrogen-bond donors (Lipinski definition) is 1. The highest BCUT2D eigenvalue weighted by atomic mass is 79.9. The highest BCUT2D eigenvalue weighted by Crippen LogP contribution is 2.46. The lowest BCUT2D eigenvalue weighted by Gasteiger charge is -2.27. The van der Waals surface area contributed by atoms with Crippen molar-refractivity contribution in [1.82, 2.24) is 4.90 Å².